The summed E-state index contributed by atoms with van der Waals surface area (Å²) in [6, 6.07) is 3.45. The SMILES string of the molecule is CCC1CCCN(c2ccc(C(=O)O)cn2)CC1. The van der Waals surface area contributed by atoms with E-state index in [0.717, 1.165) is 24.8 Å². The van der Waals surface area contributed by atoms with E-state index in [-0.39, 0.29) is 5.56 Å². The Labute approximate surface area is 108 Å². The van der Waals surface area contributed by atoms with Crippen LogP contribution in [0.15, 0.2) is 18.3 Å². The molecule has 1 unspecified atom stereocenters. The molecule has 1 aliphatic heterocycles. The average Bonchev–Trinajstić information content (AvgIpc) is 2.64. The van der Waals surface area contributed by atoms with Crippen molar-refractivity contribution in [3.05, 3.63) is 23.9 Å². The minimum absolute atomic E-state index is 0.250. The van der Waals surface area contributed by atoms with Crippen molar-refractivity contribution in [3.8, 4) is 0 Å². The van der Waals surface area contributed by atoms with Crippen LogP contribution in [-0.4, -0.2) is 29.1 Å². The van der Waals surface area contributed by atoms with Crippen molar-refractivity contribution in [1.82, 2.24) is 4.98 Å². The van der Waals surface area contributed by atoms with Gasteiger partial charge >= 0.3 is 5.97 Å². The van der Waals surface area contributed by atoms with Crippen LogP contribution in [0.4, 0.5) is 5.82 Å². The highest BCUT2D eigenvalue weighted by molar-refractivity contribution is 5.87. The van der Waals surface area contributed by atoms with Crippen molar-refractivity contribution in [1.29, 1.82) is 0 Å². The monoisotopic (exact) mass is 248 g/mol. The number of anilines is 1. The number of hydrogen-bond donors (Lipinski definition) is 1. The summed E-state index contributed by atoms with van der Waals surface area (Å²) in [6.07, 6.45) is 6.39. The molecule has 1 saturated heterocycles. The average molecular weight is 248 g/mol. The van der Waals surface area contributed by atoms with Gasteiger partial charge in [0.2, 0.25) is 0 Å². The van der Waals surface area contributed by atoms with Gasteiger partial charge in [0.1, 0.15) is 5.82 Å². The molecule has 0 radical (unpaired) electrons. The van der Waals surface area contributed by atoms with E-state index in [1.54, 1.807) is 6.07 Å². The number of rotatable bonds is 3. The first-order chi connectivity index (χ1) is 8.70. The van der Waals surface area contributed by atoms with E-state index in [4.69, 9.17) is 5.11 Å². The Balaban J connectivity index is 2.04. The topological polar surface area (TPSA) is 53.4 Å². The van der Waals surface area contributed by atoms with Gasteiger partial charge < -0.3 is 10.0 Å². The molecule has 1 atom stereocenters. The van der Waals surface area contributed by atoms with Gasteiger partial charge in [0.05, 0.1) is 5.56 Å². The molecule has 4 nitrogen and oxygen atoms in total. The van der Waals surface area contributed by atoms with E-state index in [1.807, 2.05) is 6.07 Å². The van der Waals surface area contributed by atoms with Crippen molar-refractivity contribution in [3.63, 3.8) is 0 Å². The van der Waals surface area contributed by atoms with E-state index in [0.29, 0.717) is 0 Å². The Morgan fingerprint density at radius 2 is 2.28 bits per heavy atom. The molecule has 0 aliphatic carbocycles. The van der Waals surface area contributed by atoms with Gasteiger partial charge in [-0.05, 0) is 37.3 Å². The maximum absolute atomic E-state index is 10.8. The summed E-state index contributed by atoms with van der Waals surface area (Å²) in [5.41, 5.74) is 0.250. The molecule has 98 valence electrons. The van der Waals surface area contributed by atoms with Crippen molar-refractivity contribution < 1.29 is 9.90 Å². The highest BCUT2D eigenvalue weighted by atomic mass is 16.4. The molecule has 2 rings (SSSR count). The van der Waals surface area contributed by atoms with Crippen molar-refractivity contribution in [2.24, 2.45) is 5.92 Å². The minimum atomic E-state index is -0.920. The normalized spacial score (nSPS) is 20.5. The van der Waals surface area contributed by atoms with Crippen LogP contribution in [0, 0.1) is 5.92 Å². The Kier molecular flexibility index (Phi) is 4.18. The van der Waals surface area contributed by atoms with Crippen LogP contribution in [0.3, 0.4) is 0 Å². The molecule has 1 N–H and O–H groups in total. The molecule has 1 aromatic rings. The van der Waals surface area contributed by atoms with E-state index < -0.39 is 5.97 Å². The smallest absolute Gasteiger partial charge is 0.337 e. The quantitative estimate of drug-likeness (QED) is 0.893. The van der Waals surface area contributed by atoms with E-state index >= 15 is 0 Å². The number of aromatic carboxylic acids is 1. The van der Waals surface area contributed by atoms with Crippen molar-refractivity contribution >= 4 is 11.8 Å². The van der Waals surface area contributed by atoms with Crippen molar-refractivity contribution in [2.75, 3.05) is 18.0 Å². The van der Waals surface area contributed by atoms with Crippen LogP contribution in [0.25, 0.3) is 0 Å². The van der Waals surface area contributed by atoms with Gasteiger partial charge in [-0.3, -0.25) is 0 Å². The van der Waals surface area contributed by atoms with Crippen LogP contribution >= 0.6 is 0 Å². The maximum atomic E-state index is 10.8. The van der Waals surface area contributed by atoms with E-state index in [1.165, 1.54) is 31.9 Å². The number of nitrogens with zero attached hydrogens (tertiary/aromatic N) is 2. The van der Waals surface area contributed by atoms with E-state index in [9.17, 15) is 4.79 Å². The molecule has 2 heterocycles. The van der Waals surface area contributed by atoms with Crippen LogP contribution < -0.4 is 4.90 Å². The molecule has 0 amide bonds. The predicted molar refractivity (Wildman–Crippen MR) is 71.0 cm³/mol. The van der Waals surface area contributed by atoms with Gasteiger partial charge in [0.15, 0.2) is 0 Å². The zero-order valence-corrected chi connectivity index (χ0v) is 10.8. The minimum Gasteiger partial charge on any atom is -0.478 e. The molecule has 4 heteroatoms. The lowest BCUT2D eigenvalue weighted by Crippen LogP contribution is -2.25. The molecule has 0 bridgehead atoms. The molecule has 1 fully saturated rings. The Morgan fingerprint density at radius 1 is 1.44 bits per heavy atom. The summed E-state index contributed by atoms with van der Waals surface area (Å²) in [5, 5.41) is 8.84. The number of aromatic nitrogens is 1. The van der Waals surface area contributed by atoms with Gasteiger partial charge in [-0.1, -0.05) is 13.3 Å². The van der Waals surface area contributed by atoms with Crippen LogP contribution in [0.2, 0.25) is 0 Å². The second-order valence-corrected chi connectivity index (χ2v) is 4.90. The molecule has 0 spiro atoms. The lowest BCUT2D eigenvalue weighted by Gasteiger charge is -2.21. The third kappa shape index (κ3) is 3.00. The lowest BCUT2D eigenvalue weighted by molar-refractivity contribution is 0.0696. The molecule has 1 aliphatic rings. The van der Waals surface area contributed by atoms with Crippen LogP contribution in [0.5, 0.6) is 0 Å². The second-order valence-electron chi connectivity index (χ2n) is 4.90. The predicted octanol–water partition coefficient (Wildman–Crippen LogP) is 2.80. The summed E-state index contributed by atoms with van der Waals surface area (Å²) >= 11 is 0. The standard InChI is InChI=1S/C14H20N2O2/c1-2-11-4-3-8-16(9-7-11)13-6-5-12(10-15-13)14(17)18/h5-6,10-11H,2-4,7-9H2,1H3,(H,17,18). The summed E-state index contributed by atoms with van der Waals surface area (Å²) in [5.74, 6) is 0.806. The Bertz CT molecular complexity index is 403. The molecule has 1 aromatic heterocycles. The molecular formula is C14H20N2O2. The van der Waals surface area contributed by atoms with Gasteiger partial charge in [0, 0.05) is 19.3 Å². The fourth-order valence-corrected chi connectivity index (χ4v) is 2.50. The fraction of sp³-hybridized carbons (Fsp3) is 0.571. The summed E-state index contributed by atoms with van der Waals surface area (Å²) in [6.45, 7) is 4.30. The maximum Gasteiger partial charge on any atom is 0.337 e. The number of carbonyl (C=O) groups is 1. The Hall–Kier alpha value is -1.58. The summed E-state index contributed by atoms with van der Waals surface area (Å²) < 4.78 is 0. The summed E-state index contributed by atoms with van der Waals surface area (Å²) in [7, 11) is 0. The molecule has 0 saturated carbocycles. The third-order valence-corrected chi connectivity index (χ3v) is 3.74. The molecule has 0 aromatic carbocycles. The molecular weight excluding hydrogens is 228 g/mol. The van der Waals surface area contributed by atoms with Crippen molar-refractivity contribution in [2.45, 2.75) is 32.6 Å². The van der Waals surface area contributed by atoms with Gasteiger partial charge in [-0.25, -0.2) is 9.78 Å². The Morgan fingerprint density at radius 3 is 2.89 bits per heavy atom. The van der Waals surface area contributed by atoms with Gasteiger partial charge in [-0.2, -0.15) is 0 Å². The first kappa shape index (κ1) is 12.9. The second kappa shape index (κ2) is 5.85. The van der Waals surface area contributed by atoms with Crippen LogP contribution in [0.1, 0.15) is 43.0 Å². The van der Waals surface area contributed by atoms with Crippen LogP contribution in [-0.2, 0) is 0 Å². The van der Waals surface area contributed by atoms with Gasteiger partial charge in [-0.15, -0.1) is 0 Å². The first-order valence-electron chi connectivity index (χ1n) is 6.65. The number of hydrogen-bond acceptors (Lipinski definition) is 3. The van der Waals surface area contributed by atoms with E-state index in [2.05, 4.69) is 16.8 Å². The number of pyridine rings is 1. The molecule has 18 heavy (non-hydrogen) atoms. The third-order valence-electron chi connectivity index (χ3n) is 3.74. The summed E-state index contributed by atoms with van der Waals surface area (Å²) in [4.78, 5) is 17.3. The number of carboxylic acid groups (broad SMARTS) is 1. The zero-order valence-electron chi connectivity index (χ0n) is 10.8. The fourth-order valence-electron chi connectivity index (χ4n) is 2.50. The number of carboxylic acids is 1. The van der Waals surface area contributed by atoms with Gasteiger partial charge in [0.25, 0.3) is 0 Å². The highest BCUT2D eigenvalue weighted by Crippen LogP contribution is 2.23. The lowest BCUT2D eigenvalue weighted by atomic mass is 9.98. The highest BCUT2D eigenvalue weighted by Gasteiger charge is 2.16. The largest absolute Gasteiger partial charge is 0.478 e. The first-order valence-corrected chi connectivity index (χ1v) is 6.65. The zero-order chi connectivity index (χ0) is 13.0.